The van der Waals surface area contributed by atoms with Gasteiger partial charge in [0.1, 0.15) is 5.75 Å². The molecular formula is C21H21IN2O2. The van der Waals surface area contributed by atoms with Crippen molar-refractivity contribution in [3.05, 3.63) is 62.7 Å². The predicted octanol–water partition coefficient (Wildman–Crippen LogP) is 4.56. The third-order valence-electron chi connectivity index (χ3n) is 5.27. The Morgan fingerprint density at radius 1 is 1.31 bits per heavy atom. The molecule has 0 fully saturated rings. The fourth-order valence-corrected chi connectivity index (χ4v) is 4.59. The summed E-state index contributed by atoms with van der Waals surface area (Å²) in [6.45, 7) is 1.90. The zero-order valence-electron chi connectivity index (χ0n) is 14.9. The van der Waals surface area contributed by atoms with Crippen LogP contribution in [0.3, 0.4) is 0 Å². The zero-order chi connectivity index (χ0) is 18.3. The van der Waals surface area contributed by atoms with E-state index in [1.807, 2.05) is 13.0 Å². The molecule has 0 N–H and O–H groups in total. The largest absolute Gasteiger partial charge is 0.497 e. The molecule has 134 valence electrons. The molecule has 0 saturated carbocycles. The molecule has 26 heavy (non-hydrogen) atoms. The highest BCUT2D eigenvalue weighted by molar-refractivity contribution is 14.1. The Kier molecular flexibility index (Phi) is 4.73. The molecule has 0 saturated heterocycles. The summed E-state index contributed by atoms with van der Waals surface area (Å²) in [4.78, 5) is 12.6. The number of hydrogen-bond acceptors (Lipinski definition) is 3. The molecule has 0 spiro atoms. The highest BCUT2D eigenvalue weighted by Crippen LogP contribution is 2.44. The topological polar surface area (TPSA) is 41.9 Å². The van der Waals surface area contributed by atoms with Crippen molar-refractivity contribution < 1.29 is 9.53 Å². The van der Waals surface area contributed by atoms with E-state index in [2.05, 4.69) is 59.0 Å². The monoisotopic (exact) mass is 460 g/mol. The first-order valence-corrected chi connectivity index (χ1v) is 10.0. The summed E-state index contributed by atoms with van der Waals surface area (Å²) < 4.78 is 6.55. The Morgan fingerprint density at radius 2 is 2.15 bits per heavy atom. The molecule has 1 heterocycles. The van der Waals surface area contributed by atoms with Crippen LogP contribution in [0.5, 0.6) is 5.75 Å². The van der Waals surface area contributed by atoms with E-state index in [0.29, 0.717) is 6.42 Å². The van der Waals surface area contributed by atoms with Gasteiger partial charge in [-0.3, -0.25) is 4.79 Å². The van der Waals surface area contributed by atoms with Gasteiger partial charge in [-0.2, -0.15) is 5.10 Å². The minimum absolute atomic E-state index is 0.0117. The van der Waals surface area contributed by atoms with Crippen molar-refractivity contribution in [1.82, 2.24) is 5.01 Å². The summed E-state index contributed by atoms with van der Waals surface area (Å²) in [5.74, 6) is 1.19. The quantitative estimate of drug-likeness (QED) is 0.631. The second kappa shape index (κ2) is 7.02. The lowest BCUT2D eigenvalue weighted by Crippen LogP contribution is -2.31. The molecule has 0 aromatic heterocycles. The van der Waals surface area contributed by atoms with Gasteiger partial charge in [0.2, 0.25) is 5.91 Å². The van der Waals surface area contributed by atoms with Crippen LogP contribution in [-0.2, 0) is 11.2 Å². The number of amides is 1. The summed E-state index contributed by atoms with van der Waals surface area (Å²) in [5, 5.41) is 6.55. The maximum absolute atomic E-state index is 12.6. The maximum atomic E-state index is 12.6. The van der Waals surface area contributed by atoms with E-state index >= 15 is 0 Å². The van der Waals surface area contributed by atoms with Crippen molar-refractivity contribution in [1.29, 1.82) is 0 Å². The molecule has 5 heteroatoms. The van der Waals surface area contributed by atoms with Gasteiger partial charge in [0.05, 0.1) is 18.9 Å². The lowest BCUT2D eigenvalue weighted by molar-refractivity contribution is -0.133. The lowest BCUT2D eigenvalue weighted by atomic mass is 9.77. The molecule has 2 atom stereocenters. The molecule has 1 amide bonds. The highest BCUT2D eigenvalue weighted by Gasteiger charge is 2.43. The first-order chi connectivity index (χ1) is 12.6. The molecule has 1 aliphatic heterocycles. The molecule has 0 radical (unpaired) electrons. The SMILES string of the molecule is CCC(=O)N1N=C2c3ccc(OC)cc3CCC2C1c1cccc(I)c1. The Bertz CT molecular complexity index is 893. The summed E-state index contributed by atoms with van der Waals surface area (Å²) in [5.41, 5.74) is 4.62. The Morgan fingerprint density at radius 3 is 2.88 bits per heavy atom. The number of benzene rings is 2. The smallest absolute Gasteiger partial charge is 0.242 e. The van der Waals surface area contributed by atoms with Crippen LogP contribution in [0, 0.1) is 9.49 Å². The fourth-order valence-electron chi connectivity index (χ4n) is 4.02. The minimum atomic E-state index is -0.0117. The number of aryl methyl sites for hydroxylation is 1. The molecule has 4 rings (SSSR count). The van der Waals surface area contributed by atoms with Crippen LogP contribution in [0.2, 0.25) is 0 Å². The zero-order valence-corrected chi connectivity index (χ0v) is 17.1. The van der Waals surface area contributed by atoms with E-state index in [9.17, 15) is 4.79 Å². The van der Waals surface area contributed by atoms with Crippen LogP contribution in [0.1, 0.15) is 42.5 Å². The van der Waals surface area contributed by atoms with Gasteiger partial charge >= 0.3 is 0 Å². The van der Waals surface area contributed by atoms with Crippen LogP contribution in [-0.4, -0.2) is 23.7 Å². The summed E-state index contributed by atoms with van der Waals surface area (Å²) >= 11 is 2.33. The van der Waals surface area contributed by atoms with E-state index in [1.54, 1.807) is 12.1 Å². The van der Waals surface area contributed by atoms with Crippen molar-refractivity contribution in [2.75, 3.05) is 7.11 Å². The molecule has 4 nitrogen and oxygen atoms in total. The first kappa shape index (κ1) is 17.5. The summed E-state index contributed by atoms with van der Waals surface area (Å²) in [6.07, 6.45) is 2.42. The highest BCUT2D eigenvalue weighted by atomic mass is 127. The van der Waals surface area contributed by atoms with Crippen molar-refractivity contribution in [3.8, 4) is 5.75 Å². The van der Waals surface area contributed by atoms with Gasteiger partial charge in [-0.1, -0.05) is 19.1 Å². The van der Waals surface area contributed by atoms with E-state index in [0.717, 1.165) is 29.9 Å². The van der Waals surface area contributed by atoms with Gasteiger partial charge in [-0.25, -0.2) is 5.01 Å². The molecule has 0 bridgehead atoms. The Labute approximate surface area is 167 Å². The lowest BCUT2D eigenvalue weighted by Gasteiger charge is -2.29. The Balaban J connectivity index is 1.80. The molecule has 2 unspecified atom stereocenters. The van der Waals surface area contributed by atoms with Crippen molar-refractivity contribution in [2.45, 2.75) is 32.2 Å². The molecule has 1 aliphatic carbocycles. The normalized spacial score (nSPS) is 21.0. The van der Waals surface area contributed by atoms with Crippen LogP contribution < -0.4 is 4.74 Å². The number of carbonyl (C=O) groups excluding carboxylic acids is 1. The molecule has 2 aromatic rings. The van der Waals surface area contributed by atoms with E-state index < -0.39 is 0 Å². The molecule has 2 aliphatic rings. The second-order valence-electron chi connectivity index (χ2n) is 6.75. The fraction of sp³-hybridized carbons (Fsp3) is 0.333. The van der Waals surface area contributed by atoms with Crippen molar-refractivity contribution >= 4 is 34.2 Å². The number of hydrogen-bond donors (Lipinski definition) is 0. The summed E-state index contributed by atoms with van der Waals surface area (Å²) in [6, 6.07) is 14.6. The van der Waals surface area contributed by atoms with Gasteiger partial charge in [0.25, 0.3) is 0 Å². The standard InChI is InChI=1S/C21H21IN2O2/c1-3-19(25)24-21(14-5-4-6-15(22)11-14)18-9-7-13-12-16(26-2)8-10-17(13)20(18)23-24/h4-6,8,10-12,18,21H,3,7,9H2,1-2H3. The van der Waals surface area contributed by atoms with Crippen molar-refractivity contribution in [2.24, 2.45) is 11.0 Å². The van der Waals surface area contributed by atoms with Gasteiger partial charge in [0.15, 0.2) is 0 Å². The first-order valence-electron chi connectivity index (χ1n) is 8.95. The molecule has 2 aromatic carbocycles. The van der Waals surface area contributed by atoms with Crippen LogP contribution in [0.25, 0.3) is 0 Å². The number of fused-ring (bicyclic) bond motifs is 3. The van der Waals surface area contributed by atoms with Gasteiger partial charge < -0.3 is 4.74 Å². The van der Waals surface area contributed by atoms with Crippen LogP contribution in [0.4, 0.5) is 0 Å². The number of ether oxygens (including phenoxy) is 1. The summed E-state index contributed by atoms with van der Waals surface area (Å²) in [7, 11) is 1.69. The molecular weight excluding hydrogens is 439 g/mol. The predicted molar refractivity (Wildman–Crippen MR) is 110 cm³/mol. The number of methoxy groups -OCH3 is 1. The number of rotatable bonds is 3. The third kappa shape index (κ3) is 2.92. The van der Waals surface area contributed by atoms with Gasteiger partial charge in [-0.15, -0.1) is 0 Å². The minimum Gasteiger partial charge on any atom is -0.497 e. The van der Waals surface area contributed by atoms with E-state index in [4.69, 9.17) is 9.84 Å². The average molecular weight is 460 g/mol. The number of carbonyl (C=O) groups is 1. The second-order valence-corrected chi connectivity index (χ2v) is 7.99. The van der Waals surface area contributed by atoms with Crippen LogP contribution >= 0.6 is 22.6 Å². The van der Waals surface area contributed by atoms with Crippen molar-refractivity contribution in [3.63, 3.8) is 0 Å². The number of halogens is 1. The number of nitrogens with zero attached hydrogens (tertiary/aromatic N) is 2. The average Bonchev–Trinajstić information content (AvgIpc) is 3.06. The van der Waals surface area contributed by atoms with E-state index in [-0.39, 0.29) is 17.9 Å². The third-order valence-corrected chi connectivity index (χ3v) is 5.94. The van der Waals surface area contributed by atoms with Gasteiger partial charge in [0, 0.05) is 21.5 Å². The number of hydrazone groups is 1. The maximum Gasteiger partial charge on any atom is 0.242 e. The van der Waals surface area contributed by atoms with E-state index in [1.165, 1.54) is 14.7 Å². The van der Waals surface area contributed by atoms with Gasteiger partial charge in [-0.05, 0) is 76.9 Å². The Hall–Kier alpha value is -1.89. The van der Waals surface area contributed by atoms with Crippen LogP contribution in [0.15, 0.2) is 47.6 Å².